The number of thiophene rings is 1. The Morgan fingerprint density at radius 1 is 1.22 bits per heavy atom. The van der Waals surface area contributed by atoms with Crippen LogP contribution in [-0.2, 0) is 30.6 Å². The van der Waals surface area contributed by atoms with Crippen molar-refractivity contribution in [2.75, 3.05) is 10.6 Å². The van der Waals surface area contributed by atoms with E-state index in [1.165, 1.54) is 17.4 Å². The fraction of sp³-hybridized carbons (Fsp3) is 0.269. The van der Waals surface area contributed by atoms with E-state index in [1.807, 2.05) is 26.1 Å². The topological polar surface area (TPSA) is 101 Å². The molecule has 3 heterocycles. The minimum absolute atomic E-state index is 0.00680. The van der Waals surface area contributed by atoms with Gasteiger partial charge in [0, 0.05) is 18.0 Å². The van der Waals surface area contributed by atoms with Crippen LogP contribution in [0.4, 0.5) is 21.6 Å². The van der Waals surface area contributed by atoms with Crippen molar-refractivity contribution in [2.45, 2.75) is 39.6 Å². The number of hydrogen-bond acceptors (Lipinski definition) is 7. The lowest BCUT2D eigenvalue weighted by molar-refractivity contribution is 0.0791. The molecule has 188 valence electrons. The van der Waals surface area contributed by atoms with E-state index in [1.54, 1.807) is 53.6 Å². The van der Waals surface area contributed by atoms with Gasteiger partial charge in [0.1, 0.15) is 5.82 Å². The Morgan fingerprint density at radius 2 is 2.03 bits per heavy atom. The molecule has 0 saturated carbocycles. The van der Waals surface area contributed by atoms with E-state index in [0.29, 0.717) is 29.2 Å². The number of aliphatic hydroxyl groups is 1. The fourth-order valence-electron chi connectivity index (χ4n) is 3.71. The highest BCUT2D eigenvalue weighted by Gasteiger charge is 2.25. The Bertz CT molecular complexity index is 1360. The lowest BCUT2D eigenvalue weighted by Crippen LogP contribution is -2.20. The average molecular weight is 510 g/mol. The molecule has 3 N–H and O–H groups in total. The van der Waals surface area contributed by atoms with Crippen LogP contribution in [0.2, 0.25) is 0 Å². The third-order valence-corrected chi connectivity index (χ3v) is 6.17. The van der Waals surface area contributed by atoms with Gasteiger partial charge in [-0.1, -0.05) is 12.1 Å². The number of nitrogens with one attached hydrogen (secondary N) is 2. The minimum Gasteiger partial charge on any atom is -0.386 e. The highest BCUT2D eigenvalue weighted by atomic mass is 32.1. The second kappa shape index (κ2) is 10.6. The number of nitrogens with zero attached hydrogens (tertiary/aromatic N) is 3. The molecular formula is C26H28FN5O3S. The normalized spacial score (nSPS) is 11.5. The molecule has 0 fully saturated rings. The van der Waals surface area contributed by atoms with Gasteiger partial charge >= 0.3 is 0 Å². The van der Waals surface area contributed by atoms with Gasteiger partial charge in [-0.25, -0.2) is 9.37 Å². The van der Waals surface area contributed by atoms with Crippen LogP contribution in [0, 0.1) is 12.7 Å². The van der Waals surface area contributed by atoms with Crippen LogP contribution < -0.4 is 10.6 Å². The summed E-state index contributed by atoms with van der Waals surface area (Å²) in [5.41, 5.74) is 1.94. The zero-order chi connectivity index (χ0) is 25.9. The first-order valence-corrected chi connectivity index (χ1v) is 12.2. The zero-order valence-corrected chi connectivity index (χ0v) is 21.3. The number of hydrogen-bond donors (Lipinski definition) is 3. The summed E-state index contributed by atoms with van der Waals surface area (Å²) in [4.78, 5) is 17.0. The maximum atomic E-state index is 15.6. The Kier molecular flexibility index (Phi) is 7.48. The summed E-state index contributed by atoms with van der Waals surface area (Å²) in [6.45, 7) is 5.67. The molecule has 0 bridgehead atoms. The number of anilines is 3. The molecular weight excluding hydrogens is 481 g/mol. The Balaban J connectivity index is 1.54. The van der Waals surface area contributed by atoms with Crippen molar-refractivity contribution in [3.8, 4) is 0 Å². The molecule has 1 aromatic carbocycles. The molecule has 0 saturated heterocycles. The summed E-state index contributed by atoms with van der Waals surface area (Å²) in [5, 5.41) is 24.0. The Labute approximate surface area is 212 Å². The van der Waals surface area contributed by atoms with Crippen LogP contribution >= 0.6 is 11.3 Å². The molecule has 10 heteroatoms. The highest BCUT2D eigenvalue weighted by Crippen LogP contribution is 2.35. The van der Waals surface area contributed by atoms with Gasteiger partial charge in [-0.3, -0.25) is 9.48 Å². The van der Waals surface area contributed by atoms with Crippen molar-refractivity contribution in [3.05, 3.63) is 87.3 Å². The van der Waals surface area contributed by atoms with Gasteiger partial charge in [-0.15, -0.1) is 0 Å². The molecule has 0 unspecified atom stereocenters. The second-order valence-corrected chi connectivity index (χ2v) is 9.69. The molecule has 0 aliphatic rings. The first kappa shape index (κ1) is 25.5. The van der Waals surface area contributed by atoms with Crippen LogP contribution in [-0.4, -0.2) is 25.8 Å². The predicted octanol–water partition coefficient (Wildman–Crippen LogP) is 5.26. The maximum Gasteiger partial charge on any atom is 0.256 e. The number of aromatic nitrogens is 3. The fourth-order valence-corrected chi connectivity index (χ4v) is 4.35. The summed E-state index contributed by atoms with van der Waals surface area (Å²) in [5.74, 6) is -0.746. The molecule has 0 aliphatic carbocycles. The summed E-state index contributed by atoms with van der Waals surface area (Å²) in [7, 11) is 1.86. The number of amides is 1. The molecule has 1 amide bonds. The first-order valence-electron chi connectivity index (χ1n) is 11.3. The molecule has 4 rings (SSSR count). The number of pyridine rings is 1. The molecule has 3 aromatic heterocycles. The number of carbonyl (C=O) groups is 1. The van der Waals surface area contributed by atoms with Gasteiger partial charge in [-0.2, -0.15) is 16.4 Å². The number of ether oxygens (including phenoxy) is 1. The van der Waals surface area contributed by atoms with E-state index in [2.05, 4.69) is 20.7 Å². The van der Waals surface area contributed by atoms with Crippen molar-refractivity contribution in [3.63, 3.8) is 0 Å². The minimum atomic E-state index is -1.35. The van der Waals surface area contributed by atoms with Gasteiger partial charge in [0.15, 0.2) is 5.82 Å². The quantitative estimate of drug-likeness (QED) is 0.284. The van der Waals surface area contributed by atoms with Gasteiger partial charge in [0.05, 0.1) is 52.8 Å². The van der Waals surface area contributed by atoms with Crippen molar-refractivity contribution in [2.24, 2.45) is 7.05 Å². The van der Waals surface area contributed by atoms with Gasteiger partial charge in [0.2, 0.25) is 0 Å². The molecule has 0 atom stereocenters. The van der Waals surface area contributed by atoms with Gasteiger partial charge < -0.3 is 20.5 Å². The molecule has 0 spiro atoms. The van der Waals surface area contributed by atoms with Crippen LogP contribution in [0.15, 0.2) is 53.2 Å². The van der Waals surface area contributed by atoms with Crippen molar-refractivity contribution in [1.82, 2.24) is 14.8 Å². The number of rotatable bonds is 9. The Morgan fingerprint density at radius 3 is 2.69 bits per heavy atom. The largest absolute Gasteiger partial charge is 0.386 e. The van der Waals surface area contributed by atoms with Crippen molar-refractivity contribution in [1.29, 1.82) is 0 Å². The van der Waals surface area contributed by atoms with Crippen LogP contribution in [0.25, 0.3) is 0 Å². The SMILES string of the molecule is Cc1cc(COCc2cccc(Nc3c(C(C)(C)O)ccc(NC(=O)c4ccsc4)c3F)n2)n(C)n1. The number of aryl methyl sites for hydroxylation is 2. The van der Waals surface area contributed by atoms with Gasteiger partial charge in [0.25, 0.3) is 5.91 Å². The van der Waals surface area contributed by atoms with Crippen molar-refractivity contribution >= 4 is 34.4 Å². The second-order valence-electron chi connectivity index (χ2n) is 8.91. The number of halogens is 1. The highest BCUT2D eigenvalue weighted by molar-refractivity contribution is 7.08. The smallest absolute Gasteiger partial charge is 0.256 e. The van der Waals surface area contributed by atoms with E-state index >= 15 is 4.39 Å². The third kappa shape index (κ3) is 5.96. The van der Waals surface area contributed by atoms with Crippen molar-refractivity contribution < 1.29 is 19.0 Å². The molecule has 4 aromatic rings. The number of carbonyl (C=O) groups excluding carboxylic acids is 1. The summed E-state index contributed by atoms with van der Waals surface area (Å²) >= 11 is 1.38. The van der Waals surface area contributed by atoms with E-state index < -0.39 is 17.3 Å². The maximum absolute atomic E-state index is 15.6. The van der Waals surface area contributed by atoms with E-state index in [9.17, 15) is 9.90 Å². The predicted molar refractivity (Wildman–Crippen MR) is 138 cm³/mol. The number of benzene rings is 1. The van der Waals surface area contributed by atoms with E-state index in [-0.39, 0.29) is 18.0 Å². The summed E-state index contributed by atoms with van der Waals surface area (Å²) < 4.78 is 23.2. The molecule has 0 radical (unpaired) electrons. The van der Waals surface area contributed by atoms with Crippen LogP contribution in [0.3, 0.4) is 0 Å². The summed E-state index contributed by atoms with van der Waals surface area (Å²) in [6, 6.07) is 11.9. The van der Waals surface area contributed by atoms with E-state index in [4.69, 9.17) is 4.74 Å². The van der Waals surface area contributed by atoms with Gasteiger partial charge in [-0.05, 0) is 56.5 Å². The average Bonchev–Trinajstić information content (AvgIpc) is 3.46. The monoisotopic (exact) mass is 509 g/mol. The molecule has 0 aliphatic heterocycles. The molecule has 8 nitrogen and oxygen atoms in total. The lowest BCUT2D eigenvalue weighted by Gasteiger charge is -2.24. The van der Waals surface area contributed by atoms with Crippen LogP contribution in [0.1, 0.15) is 46.9 Å². The standard InChI is InChI=1S/C26H28FN5O3S/c1-16-12-19(32(4)31-16)14-35-13-18-6-5-7-22(28-18)30-24-20(26(2,3)34)8-9-21(23(24)27)29-25(33)17-10-11-36-15-17/h5-12,15,34H,13-14H2,1-4H3,(H,28,30)(H,29,33). The van der Waals surface area contributed by atoms with Crippen LogP contribution in [0.5, 0.6) is 0 Å². The first-order chi connectivity index (χ1) is 17.1. The lowest BCUT2D eigenvalue weighted by atomic mass is 9.95. The zero-order valence-electron chi connectivity index (χ0n) is 20.5. The van der Waals surface area contributed by atoms with E-state index in [0.717, 1.165) is 11.4 Å². The summed E-state index contributed by atoms with van der Waals surface area (Å²) in [6.07, 6.45) is 0. The third-order valence-electron chi connectivity index (χ3n) is 5.49. The molecule has 36 heavy (non-hydrogen) atoms. The Hall–Kier alpha value is -3.60.